The van der Waals surface area contributed by atoms with Gasteiger partial charge in [-0.15, -0.1) is 0 Å². The van der Waals surface area contributed by atoms with Crippen molar-refractivity contribution in [1.29, 1.82) is 0 Å². The molecule has 0 spiro atoms. The van der Waals surface area contributed by atoms with Crippen molar-refractivity contribution in [3.8, 4) is 0 Å². The van der Waals surface area contributed by atoms with Gasteiger partial charge in [-0.2, -0.15) is 0 Å². The van der Waals surface area contributed by atoms with E-state index in [-0.39, 0.29) is 11.9 Å². The summed E-state index contributed by atoms with van der Waals surface area (Å²) in [6.45, 7) is 4.49. The predicted octanol–water partition coefficient (Wildman–Crippen LogP) is 5.45. The van der Waals surface area contributed by atoms with E-state index in [1.807, 2.05) is 6.92 Å². The first-order valence-corrected chi connectivity index (χ1v) is 10.3. The first kappa shape index (κ1) is 23.9. The maximum absolute atomic E-state index is 12.0. The Morgan fingerprint density at radius 2 is 1.67 bits per heavy atom. The van der Waals surface area contributed by atoms with Crippen LogP contribution in [-0.2, 0) is 9.53 Å². The molecule has 0 aliphatic rings. The van der Waals surface area contributed by atoms with E-state index in [2.05, 4.69) is 17.6 Å². The van der Waals surface area contributed by atoms with E-state index in [9.17, 15) is 9.59 Å². The summed E-state index contributed by atoms with van der Waals surface area (Å²) in [5, 5.41) is 5.68. The minimum Gasteiger partial charge on any atom is -0.462 e. The highest BCUT2D eigenvalue weighted by atomic mass is 35.6. The van der Waals surface area contributed by atoms with Gasteiger partial charge in [-0.1, -0.05) is 67.9 Å². The second-order valence-electron chi connectivity index (χ2n) is 6.21. The summed E-state index contributed by atoms with van der Waals surface area (Å²) < 4.78 is 3.43. The van der Waals surface area contributed by atoms with Crippen LogP contribution in [0.4, 0.5) is 5.69 Å². The summed E-state index contributed by atoms with van der Waals surface area (Å²) >= 11 is 18.0. The highest BCUT2D eigenvalue weighted by Crippen LogP contribution is 2.31. The molecule has 1 aromatic rings. The number of hydrogen-bond donors (Lipinski definition) is 2. The Hall–Kier alpha value is -1.17. The molecule has 1 amide bonds. The molecule has 0 aliphatic carbocycles. The molecule has 152 valence electrons. The molecule has 1 rings (SSSR count). The summed E-state index contributed by atoms with van der Waals surface area (Å²) in [6, 6.07) is 6.58. The number of unbranched alkanes of at least 4 members (excludes halogenated alkanes) is 3. The average Bonchev–Trinajstić information content (AvgIpc) is 2.61. The van der Waals surface area contributed by atoms with Crippen LogP contribution in [-0.4, -0.2) is 28.4 Å². The molecule has 0 bridgehead atoms. The van der Waals surface area contributed by atoms with Gasteiger partial charge in [0.2, 0.25) is 9.70 Å². The molecule has 1 aromatic carbocycles. The molecular weight excluding hydrogens is 411 g/mol. The van der Waals surface area contributed by atoms with E-state index in [1.165, 1.54) is 0 Å². The van der Waals surface area contributed by atoms with Crippen LogP contribution in [0.3, 0.4) is 0 Å². The largest absolute Gasteiger partial charge is 0.462 e. The first-order chi connectivity index (χ1) is 12.8. The summed E-state index contributed by atoms with van der Waals surface area (Å²) in [6.07, 6.45) is 4.02. The maximum Gasteiger partial charge on any atom is 0.338 e. The number of nitrogens with one attached hydrogen (secondary N) is 2. The van der Waals surface area contributed by atoms with Crippen LogP contribution >= 0.6 is 34.8 Å². The lowest BCUT2D eigenvalue weighted by Crippen LogP contribution is -2.49. The van der Waals surface area contributed by atoms with Gasteiger partial charge in [0, 0.05) is 12.1 Å². The molecule has 0 aliphatic heterocycles. The summed E-state index contributed by atoms with van der Waals surface area (Å²) in [7, 11) is 0. The third-order valence-electron chi connectivity index (χ3n) is 3.80. The van der Waals surface area contributed by atoms with Gasteiger partial charge in [0.05, 0.1) is 12.2 Å². The molecule has 1 atom stereocenters. The number of esters is 1. The van der Waals surface area contributed by atoms with E-state index in [0.29, 0.717) is 24.3 Å². The number of ether oxygens (including phenoxy) is 1. The zero-order chi connectivity index (χ0) is 20.3. The van der Waals surface area contributed by atoms with Crippen molar-refractivity contribution in [3.05, 3.63) is 29.8 Å². The third kappa shape index (κ3) is 9.54. The highest BCUT2D eigenvalue weighted by Gasteiger charge is 2.33. The molecule has 0 heterocycles. The van der Waals surface area contributed by atoms with Crippen molar-refractivity contribution >= 4 is 52.4 Å². The zero-order valence-corrected chi connectivity index (χ0v) is 18.0. The molecule has 0 fully saturated rings. The minimum atomic E-state index is -1.74. The van der Waals surface area contributed by atoms with Gasteiger partial charge in [0.1, 0.15) is 6.17 Å². The van der Waals surface area contributed by atoms with E-state index in [1.54, 1.807) is 24.3 Å². The number of alkyl halides is 3. The van der Waals surface area contributed by atoms with Gasteiger partial charge in [-0.3, -0.25) is 4.79 Å². The molecule has 0 unspecified atom stereocenters. The van der Waals surface area contributed by atoms with Crippen LogP contribution < -0.4 is 10.6 Å². The molecule has 0 radical (unpaired) electrons. The number of hydrogen-bond acceptors (Lipinski definition) is 4. The number of benzene rings is 1. The second kappa shape index (κ2) is 12.3. The standard InChI is InChI=1S/C19H27Cl3N2O3/c1-3-5-7-8-16(25)24-18(19(20,21)22)23-15-11-9-14(10-12-15)17(26)27-13-6-4-2/h9-12,18,23H,3-8,13H2,1-2H3,(H,24,25)/t18-/m1/s1. The van der Waals surface area contributed by atoms with Crippen molar-refractivity contribution in [2.45, 2.75) is 62.3 Å². The van der Waals surface area contributed by atoms with Crippen LogP contribution in [0, 0.1) is 0 Å². The van der Waals surface area contributed by atoms with E-state index in [0.717, 1.165) is 32.1 Å². The van der Waals surface area contributed by atoms with Crippen molar-refractivity contribution in [2.24, 2.45) is 0 Å². The Bertz CT molecular complexity index is 589. The van der Waals surface area contributed by atoms with Gasteiger partial charge in [0.25, 0.3) is 0 Å². The molecule has 5 nitrogen and oxygen atoms in total. The number of amides is 1. The SMILES string of the molecule is CCCCCC(=O)N[C@@H](Nc1ccc(C(=O)OCCCC)cc1)C(Cl)(Cl)Cl. The van der Waals surface area contributed by atoms with Crippen molar-refractivity contribution < 1.29 is 14.3 Å². The van der Waals surface area contributed by atoms with Gasteiger partial charge in [-0.25, -0.2) is 4.79 Å². The lowest BCUT2D eigenvalue weighted by molar-refractivity contribution is -0.121. The molecular formula is C19H27Cl3N2O3. The van der Waals surface area contributed by atoms with Gasteiger partial charge in [-0.05, 0) is 37.1 Å². The van der Waals surface area contributed by atoms with Gasteiger partial charge in [0.15, 0.2) is 0 Å². The monoisotopic (exact) mass is 436 g/mol. The van der Waals surface area contributed by atoms with E-state index < -0.39 is 9.96 Å². The quantitative estimate of drug-likeness (QED) is 0.209. The topological polar surface area (TPSA) is 67.4 Å². The Morgan fingerprint density at radius 3 is 2.22 bits per heavy atom. The van der Waals surface area contributed by atoms with Gasteiger partial charge < -0.3 is 15.4 Å². The number of anilines is 1. The highest BCUT2D eigenvalue weighted by molar-refractivity contribution is 6.68. The third-order valence-corrected chi connectivity index (χ3v) is 4.46. The van der Waals surface area contributed by atoms with Crippen molar-refractivity contribution in [1.82, 2.24) is 5.32 Å². The fraction of sp³-hybridized carbons (Fsp3) is 0.579. The molecule has 0 saturated heterocycles. The molecule has 27 heavy (non-hydrogen) atoms. The first-order valence-electron chi connectivity index (χ1n) is 9.17. The van der Waals surface area contributed by atoms with Crippen LogP contribution in [0.25, 0.3) is 0 Å². The Balaban J connectivity index is 2.67. The summed E-state index contributed by atoms with van der Waals surface area (Å²) in [5.41, 5.74) is 1.04. The van der Waals surface area contributed by atoms with E-state index >= 15 is 0 Å². The van der Waals surface area contributed by atoms with Crippen molar-refractivity contribution in [2.75, 3.05) is 11.9 Å². The zero-order valence-electron chi connectivity index (χ0n) is 15.7. The van der Waals surface area contributed by atoms with Crippen LogP contribution in [0.15, 0.2) is 24.3 Å². The van der Waals surface area contributed by atoms with Crippen LogP contribution in [0.5, 0.6) is 0 Å². The Labute approximate surface area is 176 Å². The number of carbonyl (C=O) groups excluding carboxylic acids is 2. The lowest BCUT2D eigenvalue weighted by atomic mass is 10.2. The predicted molar refractivity (Wildman–Crippen MR) is 112 cm³/mol. The molecule has 8 heteroatoms. The normalized spacial score (nSPS) is 12.3. The van der Waals surface area contributed by atoms with Crippen LogP contribution in [0.1, 0.15) is 62.7 Å². The Kier molecular flexibility index (Phi) is 10.9. The number of carbonyl (C=O) groups is 2. The van der Waals surface area contributed by atoms with Crippen LogP contribution in [0.2, 0.25) is 0 Å². The average molecular weight is 438 g/mol. The van der Waals surface area contributed by atoms with Crippen molar-refractivity contribution in [3.63, 3.8) is 0 Å². The number of halogens is 3. The fourth-order valence-electron chi connectivity index (χ4n) is 2.23. The Morgan fingerprint density at radius 1 is 1.04 bits per heavy atom. The summed E-state index contributed by atoms with van der Waals surface area (Å²) in [5.74, 6) is -0.569. The molecule has 2 N–H and O–H groups in total. The number of rotatable bonds is 11. The van der Waals surface area contributed by atoms with Gasteiger partial charge >= 0.3 is 5.97 Å². The maximum atomic E-state index is 12.0. The molecule has 0 saturated carbocycles. The second-order valence-corrected chi connectivity index (χ2v) is 8.58. The lowest BCUT2D eigenvalue weighted by Gasteiger charge is -2.27. The minimum absolute atomic E-state index is 0.191. The molecule has 0 aromatic heterocycles. The van der Waals surface area contributed by atoms with E-state index in [4.69, 9.17) is 39.5 Å². The summed E-state index contributed by atoms with van der Waals surface area (Å²) in [4.78, 5) is 24.0. The fourth-order valence-corrected chi connectivity index (χ4v) is 2.56. The smallest absolute Gasteiger partial charge is 0.338 e.